The van der Waals surface area contributed by atoms with E-state index in [2.05, 4.69) is 5.92 Å². The van der Waals surface area contributed by atoms with Crippen molar-refractivity contribution in [3.63, 3.8) is 0 Å². The number of thiophene rings is 1. The van der Waals surface area contributed by atoms with E-state index in [4.69, 9.17) is 0 Å². The number of hydrogen-bond acceptors (Lipinski definition) is 1. The van der Waals surface area contributed by atoms with Gasteiger partial charge < -0.3 is 0 Å². The van der Waals surface area contributed by atoms with E-state index in [0.29, 0.717) is 0 Å². The minimum Gasteiger partial charge on any atom is -0.144 e. The molecule has 0 aliphatic rings. The molecule has 0 radical (unpaired) electrons. The standard InChI is InChI=1S/C10H5FS/c11-5-3-8-1-2-9-4-6-12-10(9)7-8/h1-2,4,6-7H. The molecule has 0 aliphatic heterocycles. The van der Waals surface area contributed by atoms with Crippen LogP contribution in [0.3, 0.4) is 0 Å². The molecule has 0 fully saturated rings. The summed E-state index contributed by atoms with van der Waals surface area (Å²) in [5.74, 6) is 2.38. The Morgan fingerprint density at radius 2 is 2.17 bits per heavy atom. The molecule has 1 aromatic heterocycles. The Morgan fingerprint density at radius 3 is 3.00 bits per heavy atom. The van der Waals surface area contributed by atoms with E-state index < -0.39 is 0 Å². The first-order chi connectivity index (χ1) is 5.90. The molecule has 2 aromatic rings. The Bertz CT molecular complexity index is 459. The first-order valence-electron chi connectivity index (χ1n) is 3.49. The zero-order chi connectivity index (χ0) is 8.39. The summed E-state index contributed by atoms with van der Waals surface area (Å²) in [5, 5.41) is 3.20. The number of hydrogen-bond donors (Lipinski definition) is 0. The largest absolute Gasteiger partial charge is 0.144 e. The highest BCUT2D eigenvalue weighted by Gasteiger charge is 1.94. The number of rotatable bonds is 0. The highest BCUT2D eigenvalue weighted by atomic mass is 32.1. The summed E-state index contributed by atoms with van der Waals surface area (Å²) in [5.41, 5.74) is 0.729. The highest BCUT2D eigenvalue weighted by Crippen LogP contribution is 2.21. The lowest BCUT2D eigenvalue weighted by atomic mass is 10.2. The zero-order valence-electron chi connectivity index (χ0n) is 6.17. The van der Waals surface area contributed by atoms with Crippen LogP contribution in [0.5, 0.6) is 0 Å². The van der Waals surface area contributed by atoms with Gasteiger partial charge in [0, 0.05) is 10.3 Å². The van der Waals surface area contributed by atoms with E-state index in [1.54, 1.807) is 11.3 Å². The molecule has 2 heteroatoms. The molecule has 1 aromatic carbocycles. The third-order valence-electron chi connectivity index (χ3n) is 1.65. The highest BCUT2D eigenvalue weighted by molar-refractivity contribution is 7.17. The second-order valence-corrected chi connectivity index (χ2v) is 3.34. The number of halogens is 1. The van der Waals surface area contributed by atoms with Crippen LogP contribution in [0.15, 0.2) is 29.6 Å². The molecule has 0 amide bonds. The van der Waals surface area contributed by atoms with Crippen LogP contribution in [-0.2, 0) is 0 Å². The summed E-state index contributed by atoms with van der Waals surface area (Å²) >= 11 is 1.64. The van der Waals surface area contributed by atoms with Gasteiger partial charge in [0.1, 0.15) is 6.17 Å². The maximum Gasteiger partial charge on any atom is 0.111 e. The molecule has 12 heavy (non-hydrogen) atoms. The van der Waals surface area contributed by atoms with Crippen molar-refractivity contribution in [2.24, 2.45) is 0 Å². The molecule has 1 heterocycles. The van der Waals surface area contributed by atoms with E-state index in [1.807, 2.05) is 29.6 Å². The molecule has 0 atom stereocenters. The van der Waals surface area contributed by atoms with Crippen LogP contribution in [0, 0.1) is 12.1 Å². The van der Waals surface area contributed by atoms with Gasteiger partial charge in [-0.2, -0.15) is 0 Å². The normalized spacial score (nSPS) is 9.42. The van der Waals surface area contributed by atoms with Crippen LogP contribution in [0.25, 0.3) is 10.1 Å². The van der Waals surface area contributed by atoms with E-state index >= 15 is 0 Å². The van der Waals surface area contributed by atoms with Gasteiger partial charge in [-0.1, -0.05) is 6.07 Å². The molecule has 0 aliphatic carbocycles. The minimum atomic E-state index is 0.729. The van der Waals surface area contributed by atoms with Crippen LogP contribution >= 0.6 is 11.3 Å². The first kappa shape index (κ1) is 7.33. The first-order valence-corrected chi connectivity index (χ1v) is 4.37. The van der Waals surface area contributed by atoms with Gasteiger partial charge in [0.15, 0.2) is 0 Å². The van der Waals surface area contributed by atoms with Crippen molar-refractivity contribution in [1.82, 2.24) is 0 Å². The van der Waals surface area contributed by atoms with Gasteiger partial charge in [-0.15, -0.1) is 15.7 Å². The Kier molecular flexibility index (Phi) is 1.81. The minimum absolute atomic E-state index is 0.729. The molecule has 2 rings (SSSR count). The third kappa shape index (κ3) is 1.19. The second-order valence-electron chi connectivity index (χ2n) is 2.39. The molecular formula is C10H5FS. The van der Waals surface area contributed by atoms with Crippen molar-refractivity contribution >= 4 is 21.4 Å². The summed E-state index contributed by atoms with van der Waals surface area (Å²) < 4.78 is 12.8. The van der Waals surface area contributed by atoms with Crippen molar-refractivity contribution in [3.8, 4) is 12.1 Å². The van der Waals surface area contributed by atoms with Crippen molar-refractivity contribution in [2.75, 3.05) is 0 Å². The number of benzene rings is 1. The average Bonchev–Trinajstić information content (AvgIpc) is 2.51. The fourth-order valence-electron chi connectivity index (χ4n) is 1.09. The predicted molar refractivity (Wildman–Crippen MR) is 49.8 cm³/mol. The van der Waals surface area contributed by atoms with E-state index in [-0.39, 0.29) is 0 Å². The van der Waals surface area contributed by atoms with Gasteiger partial charge in [0.25, 0.3) is 0 Å². The van der Waals surface area contributed by atoms with Crippen LogP contribution in [-0.4, -0.2) is 0 Å². The summed E-state index contributed by atoms with van der Waals surface area (Å²) in [6, 6.07) is 7.70. The fraction of sp³-hybridized carbons (Fsp3) is 0. The summed E-state index contributed by atoms with van der Waals surface area (Å²) in [6.45, 7) is 0. The van der Waals surface area contributed by atoms with Crippen LogP contribution in [0.1, 0.15) is 5.56 Å². The monoisotopic (exact) mass is 176 g/mol. The molecule has 0 nitrogen and oxygen atoms in total. The zero-order valence-corrected chi connectivity index (χ0v) is 6.99. The van der Waals surface area contributed by atoms with Gasteiger partial charge >= 0.3 is 0 Å². The van der Waals surface area contributed by atoms with Gasteiger partial charge in [0.05, 0.1) is 0 Å². The Morgan fingerprint density at radius 1 is 1.25 bits per heavy atom. The maximum atomic E-state index is 11.6. The van der Waals surface area contributed by atoms with Gasteiger partial charge in [-0.05, 0) is 34.9 Å². The molecule has 0 saturated heterocycles. The third-order valence-corrected chi connectivity index (χ3v) is 2.53. The van der Waals surface area contributed by atoms with E-state index in [1.165, 1.54) is 11.6 Å². The quantitative estimate of drug-likeness (QED) is 0.541. The van der Waals surface area contributed by atoms with E-state index in [0.717, 1.165) is 10.3 Å². The summed E-state index contributed by atoms with van der Waals surface area (Å²) in [7, 11) is 0. The smallest absolute Gasteiger partial charge is 0.111 e. The van der Waals surface area contributed by atoms with Crippen molar-refractivity contribution in [1.29, 1.82) is 0 Å². The molecule has 0 spiro atoms. The van der Waals surface area contributed by atoms with Crippen LogP contribution in [0.4, 0.5) is 4.39 Å². The molecule has 58 valence electrons. The maximum absolute atomic E-state index is 11.6. The summed E-state index contributed by atoms with van der Waals surface area (Å²) in [4.78, 5) is 0. The lowest BCUT2D eigenvalue weighted by Crippen LogP contribution is -1.70. The van der Waals surface area contributed by atoms with Crippen molar-refractivity contribution < 1.29 is 4.39 Å². The topological polar surface area (TPSA) is 0 Å². The lowest BCUT2D eigenvalue weighted by molar-refractivity contribution is 0.774. The van der Waals surface area contributed by atoms with Gasteiger partial charge in [0.2, 0.25) is 0 Å². The lowest BCUT2D eigenvalue weighted by Gasteiger charge is -1.89. The Balaban J connectivity index is 2.65. The summed E-state index contributed by atoms with van der Waals surface area (Å²) in [6.07, 6.45) is 1.40. The molecule has 0 N–H and O–H groups in total. The molecular weight excluding hydrogens is 171 g/mol. The number of fused-ring (bicyclic) bond motifs is 1. The van der Waals surface area contributed by atoms with Crippen molar-refractivity contribution in [2.45, 2.75) is 0 Å². The Hall–Kier alpha value is -1.33. The second kappa shape index (κ2) is 2.96. The average molecular weight is 176 g/mol. The SMILES string of the molecule is FC#Cc1ccc2ccsc2c1. The van der Waals surface area contributed by atoms with Gasteiger partial charge in [-0.25, -0.2) is 0 Å². The van der Waals surface area contributed by atoms with E-state index in [9.17, 15) is 4.39 Å². The van der Waals surface area contributed by atoms with Crippen LogP contribution < -0.4 is 0 Å². The van der Waals surface area contributed by atoms with Crippen molar-refractivity contribution in [3.05, 3.63) is 35.2 Å². The Labute approximate surface area is 73.6 Å². The molecule has 0 saturated carbocycles. The fourth-order valence-corrected chi connectivity index (χ4v) is 1.92. The van der Waals surface area contributed by atoms with Gasteiger partial charge in [-0.3, -0.25) is 0 Å². The molecule has 0 bridgehead atoms. The predicted octanol–water partition coefficient (Wildman–Crippen LogP) is 3.18. The molecule has 0 unspecified atom stereocenters. The van der Waals surface area contributed by atoms with Crippen LogP contribution in [0.2, 0.25) is 0 Å².